The molecule has 1 aliphatic rings. The van der Waals surface area contributed by atoms with Crippen LogP contribution in [0.25, 0.3) is 11.0 Å². The van der Waals surface area contributed by atoms with Crippen LogP contribution in [0.3, 0.4) is 0 Å². The van der Waals surface area contributed by atoms with Crippen LogP contribution in [0, 0.1) is 25.2 Å². The van der Waals surface area contributed by atoms with Gasteiger partial charge in [-0.3, -0.25) is 0 Å². The van der Waals surface area contributed by atoms with E-state index in [1.165, 1.54) is 4.57 Å². The number of aromatic nitrogens is 3. The molecule has 0 N–H and O–H groups in total. The summed E-state index contributed by atoms with van der Waals surface area (Å²) in [4.78, 5) is 4.05. The van der Waals surface area contributed by atoms with Gasteiger partial charge in [0.2, 0.25) is 5.82 Å². The zero-order chi connectivity index (χ0) is 19.6. The lowest BCUT2D eigenvalue weighted by Crippen LogP contribution is -2.52. The van der Waals surface area contributed by atoms with Crippen LogP contribution in [0.4, 0.5) is 17.6 Å². The van der Waals surface area contributed by atoms with Crippen molar-refractivity contribution < 1.29 is 31.6 Å². The van der Waals surface area contributed by atoms with Crippen molar-refractivity contribution in [3.8, 4) is 17.6 Å². The average Bonchev–Trinajstić information content (AvgIpc) is 3.08. The van der Waals surface area contributed by atoms with E-state index in [-0.39, 0.29) is 23.4 Å². The minimum absolute atomic E-state index is 0.0501. The second-order valence-electron chi connectivity index (χ2n) is 5.96. The van der Waals surface area contributed by atoms with E-state index in [0.717, 1.165) is 12.1 Å². The minimum atomic E-state index is -4.84. The van der Waals surface area contributed by atoms with Gasteiger partial charge in [-0.15, -0.1) is 0 Å². The van der Waals surface area contributed by atoms with E-state index >= 15 is 0 Å². The molecule has 27 heavy (non-hydrogen) atoms. The number of ether oxygens (including phenoxy) is 2. The Hall–Kier alpha value is -3.29. The van der Waals surface area contributed by atoms with Gasteiger partial charge in [-0.25, -0.2) is 4.98 Å². The van der Waals surface area contributed by atoms with Crippen molar-refractivity contribution in [1.82, 2.24) is 14.7 Å². The standard InChI is InChI=1S/C16H10F4N4O3/c1-7-9(8(2)27-23-7)6-24-11-4-13-12(3-10(11)22-14(24)5-21)25-15(17,18)16(19,20)26-13/h3-4H,6H2,1-2H3. The smallest absolute Gasteiger partial charge is 0.421 e. The first-order chi connectivity index (χ1) is 12.6. The van der Waals surface area contributed by atoms with Gasteiger partial charge in [0.25, 0.3) is 0 Å². The van der Waals surface area contributed by atoms with Crippen molar-refractivity contribution in [3.63, 3.8) is 0 Å². The van der Waals surface area contributed by atoms with E-state index in [1.54, 1.807) is 13.8 Å². The van der Waals surface area contributed by atoms with Gasteiger partial charge in [-0.2, -0.15) is 22.8 Å². The third-order valence-corrected chi connectivity index (χ3v) is 4.23. The summed E-state index contributed by atoms with van der Waals surface area (Å²) in [6, 6.07) is 3.99. The quantitative estimate of drug-likeness (QED) is 0.631. The number of benzene rings is 1. The lowest BCUT2D eigenvalue weighted by Gasteiger charge is -2.31. The SMILES string of the molecule is Cc1noc(C)c1Cn1c(C#N)nc2cc3c(cc21)OC(F)(F)C(F)(F)O3. The Kier molecular flexibility index (Phi) is 3.40. The highest BCUT2D eigenvalue weighted by Gasteiger charge is 2.66. The molecule has 1 aromatic carbocycles. The van der Waals surface area contributed by atoms with Gasteiger partial charge in [0.1, 0.15) is 11.8 Å². The normalized spacial score (nSPS) is 17.1. The van der Waals surface area contributed by atoms with Crippen LogP contribution in [-0.2, 0) is 6.54 Å². The second-order valence-corrected chi connectivity index (χ2v) is 5.96. The summed E-state index contributed by atoms with van der Waals surface area (Å²) in [6.07, 6.45) is -9.66. The monoisotopic (exact) mass is 382 g/mol. The molecule has 11 heteroatoms. The molecule has 0 spiro atoms. The lowest BCUT2D eigenvalue weighted by molar-refractivity contribution is -0.391. The molecule has 140 valence electrons. The van der Waals surface area contributed by atoms with E-state index in [4.69, 9.17) is 4.52 Å². The Labute approximate surface area is 148 Å². The van der Waals surface area contributed by atoms with Gasteiger partial charge in [0.05, 0.1) is 23.3 Å². The summed E-state index contributed by atoms with van der Waals surface area (Å²) in [7, 11) is 0. The number of imidazole rings is 1. The van der Waals surface area contributed by atoms with Gasteiger partial charge in [0.15, 0.2) is 11.5 Å². The molecule has 0 fully saturated rings. The van der Waals surface area contributed by atoms with Crippen LogP contribution in [0.1, 0.15) is 22.8 Å². The van der Waals surface area contributed by atoms with E-state index in [9.17, 15) is 22.8 Å². The predicted octanol–water partition coefficient (Wildman–Crippen LogP) is 3.52. The summed E-state index contributed by atoms with van der Waals surface area (Å²) in [5, 5.41) is 13.2. The van der Waals surface area contributed by atoms with Crippen molar-refractivity contribution >= 4 is 11.0 Å². The molecule has 0 atom stereocenters. The Bertz CT molecular complexity index is 1090. The first-order valence-electron chi connectivity index (χ1n) is 7.63. The molecule has 4 rings (SSSR count). The summed E-state index contributed by atoms with van der Waals surface area (Å²) < 4.78 is 68.4. The van der Waals surface area contributed by atoms with Gasteiger partial charge in [-0.05, 0) is 13.8 Å². The van der Waals surface area contributed by atoms with Crippen LogP contribution >= 0.6 is 0 Å². The Morgan fingerprint density at radius 2 is 1.74 bits per heavy atom. The number of rotatable bonds is 2. The molecule has 7 nitrogen and oxygen atoms in total. The molecule has 3 heterocycles. The predicted molar refractivity (Wildman–Crippen MR) is 80.7 cm³/mol. The van der Waals surface area contributed by atoms with Crippen molar-refractivity contribution in [2.24, 2.45) is 0 Å². The molecule has 0 saturated heterocycles. The van der Waals surface area contributed by atoms with Gasteiger partial charge < -0.3 is 18.6 Å². The highest BCUT2D eigenvalue weighted by Crippen LogP contribution is 2.48. The number of fused-ring (bicyclic) bond motifs is 2. The fourth-order valence-corrected chi connectivity index (χ4v) is 2.82. The summed E-state index contributed by atoms with van der Waals surface area (Å²) in [5.41, 5.74) is 1.61. The number of hydrogen-bond acceptors (Lipinski definition) is 6. The van der Waals surface area contributed by atoms with Crippen LogP contribution in [0.15, 0.2) is 16.7 Å². The third kappa shape index (κ3) is 2.48. The van der Waals surface area contributed by atoms with Crippen LogP contribution < -0.4 is 9.47 Å². The van der Waals surface area contributed by atoms with Crippen LogP contribution in [0.5, 0.6) is 11.5 Å². The highest BCUT2D eigenvalue weighted by atomic mass is 19.3. The molecule has 0 saturated carbocycles. The second kappa shape index (κ2) is 5.35. The molecule has 2 aromatic heterocycles. The fraction of sp³-hybridized carbons (Fsp3) is 0.312. The third-order valence-electron chi connectivity index (χ3n) is 4.23. The van der Waals surface area contributed by atoms with E-state index in [1.807, 2.05) is 6.07 Å². The van der Waals surface area contributed by atoms with Crippen LogP contribution in [0.2, 0.25) is 0 Å². The van der Waals surface area contributed by atoms with E-state index < -0.39 is 23.7 Å². The molecule has 1 aliphatic heterocycles. The molecule has 0 amide bonds. The lowest BCUT2D eigenvalue weighted by atomic mass is 10.2. The summed E-state index contributed by atoms with van der Waals surface area (Å²) in [6.45, 7) is 3.51. The zero-order valence-corrected chi connectivity index (χ0v) is 13.9. The number of nitrogens with zero attached hydrogens (tertiary/aromatic N) is 4. The first-order valence-corrected chi connectivity index (χ1v) is 7.63. The van der Waals surface area contributed by atoms with Crippen molar-refractivity contribution in [1.29, 1.82) is 5.26 Å². The number of hydrogen-bond donors (Lipinski definition) is 0. The van der Waals surface area contributed by atoms with E-state index in [2.05, 4.69) is 19.6 Å². The number of halogens is 4. The highest BCUT2D eigenvalue weighted by molar-refractivity contribution is 5.81. The number of nitriles is 1. The molecular formula is C16H10F4N4O3. The van der Waals surface area contributed by atoms with Crippen molar-refractivity contribution in [3.05, 3.63) is 35.0 Å². The molecular weight excluding hydrogens is 372 g/mol. The maximum atomic E-state index is 13.5. The van der Waals surface area contributed by atoms with Crippen molar-refractivity contribution in [2.75, 3.05) is 0 Å². The first kappa shape index (κ1) is 17.1. The number of alkyl halides is 4. The summed E-state index contributed by atoms with van der Waals surface area (Å²) in [5.74, 6) is -0.708. The minimum Gasteiger partial charge on any atom is -0.421 e. The molecule has 3 aromatic rings. The molecule has 0 bridgehead atoms. The van der Waals surface area contributed by atoms with Crippen LogP contribution in [-0.4, -0.2) is 26.9 Å². The largest absolute Gasteiger partial charge is 0.507 e. The Morgan fingerprint density at radius 1 is 1.11 bits per heavy atom. The van der Waals surface area contributed by atoms with Crippen molar-refractivity contribution in [2.45, 2.75) is 32.6 Å². The molecule has 0 unspecified atom stereocenters. The maximum absolute atomic E-state index is 13.5. The van der Waals surface area contributed by atoms with Gasteiger partial charge in [0, 0.05) is 17.7 Å². The van der Waals surface area contributed by atoms with Gasteiger partial charge >= 0.3 is 12.2 Å². The maximum Gasteiger partial charge on any atom is 0.507 e. The Balaban J connectivity index is 1.88. The Morgan fingerprint density at radius 3 is 2.30 bits per heavy atom. The summed E-state index contributed by atoms with van der Waals surface area (Å²) >= 11 is 0. The average molecular weight is 382 g/mol. The fourth-order valence-electron chi connectivity index (χ4n) is 2.82. The van der Waals surface area contributed by atoms with E-state index in [0.29, 0.717) is 17.0 Å². The molecule has 0 radical (unpaired) electrons. The topological polar surface area (TPSA) is 86.1 Å². The molecule has 0 aliphatic carbocycles. The number of aryl methyl sites for hydroxylation is 2. The zero-order valence-electron chi connectivity index (χ0n) is 13.9. The van der Waals surface area contributed by atoms with Gasteiger partial charge in [-0.1, -0.05) is 5.16 Å².